The fourth-order valence-corrected chi connectivity index (χ4v) is 4.26. The highest BCUT2D eigenvalue weighted by Gasteiger charge is 2.18. The normalized spacial score (nSPS) is 16.0. The van der Waals surface area contributed by atoms with Crippen molar-refractivity contribution < 1.29 is 14.3 Å². The third-order valence-corrected chi connectivity index (χ3v) is 5.86. The Labute approximate surface area is 178 Å². The van der Waals surface area contributed by atoms with Gasteiger partial charge in [-0.25, -0.2) is 4.98 Å². The molecular formula is C22H21ClN2O3S. The van der Waals surface area contributed by atoms with Crippen molar-refractivity contribution in [1.82, 2.24) is 10.3 Å². The minimum absolute atomic E-state index is 0.106. The summed E-state index contributed by atoms with van der Waals surface area (Å²) in [6.07, 6.45) is 2.14. The lowest BCUT2D eigenvalue weighted by atomic mass is 10.2. The van der Waals surface area contributed by atoms with Crippen molar-refractivity contribution in [1.29, 1.82) is 0 Å². The zero-order valence-electron chi connectivity index (χ0n) is 15.8. The van der Waals surface area contributed by atoms with Gasteiger partial charge in [0.1, 0.15) is 23.1 Å². The van der Waals surface area contributed by atoms with Gasteiger partial charge in [0.15, 0.2) is 0 Å². The molecule has 1 N–H and O–H groups in total. The van der Waals surface area contributed by atoms with E-state index < -0.39 is 0 Å². The number of nitrogens with one attached hydrogen (secondary N) is 1. The van der Waals surface area contributed by atoms with Crippen molar-refractivity contribution in [3.63, 3.8) is 0 Å². The fraction of sp³-hybridized carbons (Fsp3) is 0.273. The van der Waals surface area contributed by atoms with Crippen LogP contribution in [-0.2, 0) is 11.3 Å². The maximum absolute atomic E-state index is 12.3. The van der Waals surface area contributed by atoms with Crippen molar-refractivity contribution >= 4 is 28.8 Å². The number of carbonyl (C=O) groups is 1. The number of aromatic nitrogens is 1. The minimum Gasteiger partial charge on any atom is -0.489 e. The Kier molecular flexibility index (Phi) is 6.44. The summed E-state index contributed by atoms with van der Waals surface area (Å²) in [6.45, 7) is 1.76. The molecule has 2 heterocycles. The second kappa shape index (κ2) is 9.39. The quantitative estimate of drug-likeness (QED) is 0.578. The summed E-state index contributed by atoms with van der Waals surface area (Å²) >= 11 is 7.84. The third kappa shape index (κ3) is 5.15. The molecule has 0 spiro atoms. The zero-order valence-corrected chi connectivity index (χ0v) is 17.3. The van der Waals surface area contributed by atoms with Gasteiger partial charge >= 0.3 is 0 Å². The SMILES string of the molecule is O=C(NC[C@@H]1CCCO1)c1csc(-c2ccc(OCc3ccccc3)cc2Cl)n1. The van der Waals surface area contributed by atoms with Crippen LogP contribution >= 0.6 is 22.9 Å². The van der Waals surface area contributed by atoms with Gasteiger partial charge in [0.2, 0.25) is 0 Å². The molecule has 29 heavy (non-hydrogen) atoms. The number of hydrogen-bond acceptors (Lipinski definition) is 5. The van der Waals surface area contributed by atoms with E-state index in [0.29, 0.717) is 34.6 Å². The first-order valence-electron chi connectivity index (χ1n) is 9.51. The molecule has 2 aromatic carbocycles. The number of rotatable bonds is 7. The lowest BCUT2D eigenvalue weighted by molar-refractivity contribution is 0.0854. The molecule has 3 aromatic rings. The van der Waals surface area contributed by atoms with Crippen LogP contribution in [0.2, 0.25) is 5.02 Å². The smallest absolute Gasteiger partial charge is 0.270 e. The standard InChI is InChI=1S/C22H21ClN2O3S/c23-19-11-16(28-13-15-5-2-1-3-6-15)8-9-18(19)22-25-20(14-29-22)21(26)24-12-17-7-4-10-27-17/h1-3,5-6,8-9,11,14,17H,4,7,10,12-13H2,(H,24,26)/t17-/m0/s1. The van der Waals surface area contributed by atoms with Crippen molar-refractivity contribution in [2.45, 2.75) is 25.6 Å². The molecule has 7 heteroatoms. The van der Waals surface area contributed by atoms with E-state index in [1.54, 1.807) is 11.4 Å². The van der Waals surface area contributed by atoms with E-state index in [-0.39, 0.29) is 12.0 Å². The van der Waals surface area contributed by atoms with Gasteiger partial charge in [0.25, 0.3) is 5.91 Å². The van der Waals surface area contributed by atoms with Gasteiger partial charge in [0.05, 0.1) is 11.1 Å². The Morgan fingerprint density at radius 2 is 2.14 bits per heavy atom. The molecule has 1 amide bonds. The largest absolute Gasteiger partial charge is 0.489 e. The number of hydrogen-bond donors (Lipinski definition) is 1. The van der Waals surface area contributed by atoms with Gasteiger partial charge in [-0.3, -0.25) is 4.79 Å². The Morgan fingerprint density at radius 3 is 2.90 bits per heavy atom. The highest BCUT2D eigenvalue weighted by Crippen LogP contribution is 2.33. The van der Waals surface area contributed by atoms with Gasteiger partial charge in [0, 0.05) is 24.1 Å². The van der Waals surface area contributed by atoms with Crippen molar-refractivity contribution in [3.8, 4) is 16.3 Å². The molecule has 1 aromatic heterocycles. The van der Waals surface area contributed by atoms with E-state index in [9.17, 15) is 4.79 Å². The van der Waals surface area contributed by atoms with Crippen LogP contribution in [0.4, 0.5) is 0 Å². The van der Waals surface area contributed by atoms with Crippen LogP contribution in [0.1, 0.15) is 28.9 Å². The fourth-order valence-electron chi connectivity index (χ4n) is 3.10. The van der Waals surface area contributed by atoms with Crippen LogP contribution in [-0.4, -0.2) is 30.1 Å². The van der Waals surface area contributed by atoms with Crippen LogP contribution in [0.3, 0.4) is 0 Å². The Balaban J connectivity index is 1.38. The first kappa shape index (κ1) is 19.9. The summed E-state index contributed by atoms with van der Waals surface area (Å²) in [6, 6.07) is 15.5. The number of benzene rings is 2. The number of nitrogens with zero attached hydrogens (tertiary/aromatic N) is 1. The molecule has 0 saturated carbocycles. The molecule has 0 bridgehead atoms. The minimum atomic E-state index is -0.193. The summed E-state index contributed by atoms with van der Waals surface area (Å²) < 4.78 is 11.3. The molecular weight excluding hydrogens is 408 g/mol. The van der Waals surface area contributed by atoms with E-state index in [1.807, 2.05) is 42.5 Å². The first-order valence-corrected chi connectivity index (χ1v) is 10.8. The van der Waals surface area contributed by atoms with Gasteiger partial charge in [-0.2, -0.15) is 0 Å². The van der Waals surface area contributed by atoms with Crippen molar-refractivity contribution in [2.75, 3.05) is 13.2 Å². The average molecular weight is 429 g/mol. The number of thiazole rings is 1. The van der Waals surface area contributed by atoms with Crippen LogP contribution in [0.25, 0.3) is 10.6 Å². The van der Waals surface area contributed by atoms with Gasteiger partial charge in [-0.1, -0.05) is 41.9 Å². The molecule has 150 valence electrons. The van der Waals surface area contributed by atoms with E-state index in [4.69, 9.17) is 21.1 Å². The van der Waals surface area contributed by atoms with Crippen LogP contribution in [0.5, 0.6) is 5.75 Å². The first-order chi connectivity index (χ1) is 14.2. The van der Waals surface area contributed by atoms with Gasteiger partial charge < -0.3 is 14.8 Å². The molecule has 1 saturated heterocycles. The summed E-state index contributed by atoms with van der Waals surface area (Å²) in [5.41, 5.74) is 2.26. The Hall–Kier alpha value is -2.41. The van der Waals surface area contributed by atoms with Gasteiger partial charge in [-0.05, 0) is 36.6 Å². The summed E-state index contributed by atoms with van der Waals surface area (Å²) in [7, 11) is 0. The zero-order chi connectivity index (χ0) is 20.1. The Bertz CT molecular complexity index is 971. The van der Waals surface area contributed by atoms with Crippen LogP contribution in [0.15, 0.2) is 53.9 Å². The van der Waals surface area contributed by atoms with Crippen molar-refractivity contribution in [3.05, 3.63) is 70.2 Å². The highest BCUT2D eigenvalue weighted by atomic mass is 35.5. The number of amides is 1. The second-order valence-corrected chi connectivity index (χ2v) is 8.06. The average Bonchev–Trinajstić information content (AvgIpc) is 3.44. The summed E-state index contributed by atoms with van der Waals surface area (Å²) in [5.74, 6) is 0.496. The maximum atomic E-state index is 12.3. The monoisotopic (exact) mass is 428 g/mol. The second-order valence-electron chi connectivity index (χ2n) is 6.80. The molecule has 0 unspecified atom stereocenters. The molecule has 1 aliphatic rings. The predicted octanol–water partition coefficient (Wildman–Crippen LogP) is 4.95. The lowest BCUT2D eigenvalue weighted by Gasteiger charge is -2.09. The number of halogens is 1. The molecule has 4 rings (SSSR count). The molecule has 1 fully saturated rings. The van der Waals surface area contributed by atoms with E-state index in [2.05, 4.69) is 10.3 Å². The summed E-state index contributed by atoms with van der Waals surface area (Å²) in [4.78, 5) is 16.8. The van der Waals surface area contributed by atoms with E-state index >= 15 is 0 Å². The summed E-state index contributed by atoms with van der Waals surface area (Å²) in [5, 5.41) is 5.87. The van der Waals surface area contributed by atoms with E-state index in [0.717, 1.165) is 30.6 Å². The lowest BCUT2D eigenvalue weighted by Crippen LogP contribution is -2.31. The Morgan fingerprint density at radius 1 is 1.28 bits per heavy atom. The molecule has 1 atom stereocenters. The molecule has 0 aliphatic carbocycles. The van der Waals surface area contributed by atoms with Crippen LogP contribution < -0.4 is 10.1 Å². The topological polar surface area (TPSA) is 60.5 Å². The number of ether oxygens (including phenoxy) is 2. The number of carbonyl (C=O) groups excluding carboxylic acids is 1. The molecule has 0 radical (unpaired) electrons. The van der Waals surface area contributed by atoms with Gasteiger partial charge in [-0.15, -0.1) is 11.3 Å². The predicted molar refractivity (Wildman–Crippen MR) is 115 cm³/mol. The maximum Gasteiger partial charge on any atom is 0.270 e. The third-order valence-electron chi connectivity index (χ3n) is 4.67. The van der Waals surface area contributed by atoms with Crippen molar-refractivity contribution in [2.24, 2.45) is 0 Å². The highest BCUT2D eigenvalue weighted by molar-refractivity contribution is 7.13. The van der Waals surface area contributed by atoms with E-state index in [1.165, 1.54) is 11.3 Å². The van der Waals surface area contributed by atoms with Crippen LogP contribution in [0, 0.1) is 0 Å². The molecule has 5 nitrogen and oxygen atoms in total. The molecule has 1 aliphatic heterocycles.